The Morgan fingerprint density at radius 3 is 2.33 bits per heavy atom. The Morgan fingerprint density at radius 2 is 1.71 bits per heavy atom. The molecular formula is C17H24N2O5. The molecule has 132 valence electrons. The van der Waals surface area contributed by atoms with Crippen molar-refractivity contribution in [2.75, 3.05) is 6.54 Å². The zero-order valence-electron chi connectivity index (χ0n) is 14.3. The summed E-state index contributed by atoms with van der Waals surface area (Å²) in [6.07, 6.45) is -0.321. The second-order valence-corrected chi connectivity index (χ2v) is 6.16. The number of hydrogen-bond acceptors (Lipinski definition) is 5. The van der Waals surface area contributed by atoms with E-state index in [4.69, 9.17) is 9.57 Å². The SMILES string of the molecule is CC(C)(C)OC(=O)CCNC(=O)CC(=O)NOCc1ccccc1. The summed E-state index contributed by atoms with van der Waals surface area (Å²) in [5, 5.41) is 2.48. The van der Waals surface area contributed by atoms with Crippen LogP contribution < -0.4 is 10.8 Å². The average Bonchev–Trinajstić information content (AvgIpc) is 2.46. The van der Waals surface area contributed by atoms with Crippen molar-refractivity contribution in [3.05, 3.63) is 35.9 Å². The highest BCUT2D eigenvalue weighted by Crippen LogP contribution is 2.07. The Bertz CT molecular complexity index is 552. The van der Waals surface area contributed by atoms with Crippen LogP contribution in [0.3, 0.4) is 0 Å². The van der Waals surface area contributed by atoms with Crippen LogP contribution in [0.1, 0.15) is 39.2 Å². The number of rotatable bonds is 8. The van der Waals surface area contributed by atoms with Gasteiger partial charge in [-0.2, -0.15) is 0 Å². The van der Waals surface area contributed by atoms with E-state index in [0.29, 0.717) is 0 Å². The molecule has 1 aromatic rings. The molecule has 0 radical (unpaired) electrons. The van der Waals surface area contributed by atoms with Crippen LogP contribution in [0.15, 0.2) is 30.3 Å². The number of hydroxylamine groups is 1. The van der Waals surface area contributed by atoms with E-state index in [1.165, 1.54) is 0 Å². The summed E-state index contributed by atoms with van der Waals surface area (Å²) in [6, 6.07) is 9.31. The largest absolute Gasteiger partial charge is 0.460 e. The van der Waals surface area contributed by atoms with E-state index in [0.717, 1.165) is 5.56 Å². The molecule has 1 aromatic carbocycles. The van der Waals surface area contributed by atoms with E-state index in [9.17, 15) is 14.4 Å². The molecule has 1 rings (SSSR count). The number of hydrogen-bond donors (Lipinski definition) is 2. The van der Waals surface area contributed by atoms with E-state index in [1.807, 2.05) is 30.3 Å². The van der Waals surface area contributed by atoms with Crippen LogP contribution in [-0.4, -0.2) is 29.9 Å². The highest BCUT2D eigenvalue weighted by molar-refractivity contribution is 5.96. The predicted molar refractivity (Wildman–Crippen MR) is 87.5 cm³/mol. The van der Waals surface area contributed by atoms with E-state index >= 15 is 0 Å². The second kappa shape index (κ2) is 9.67. The topological polar surface area (TPSA) is 93.7 Å². The van der Waals surface area contributed by atoms with Gasteiger partial charge in [0.05, 0.1) is 13.0 Å². The smallest absolute Gasteiger partial charge is 0.308 e. The second-order valence-electron chi connectivity index (χ2n) is 6.16. The fraction of sp³-hybridized carbons (Fsp3) is 0.471. The van der Waals surface area contributed by atoms with Gasteiger partial charge in [-0.15, -0.1) is 0 Å². The van der Waals surface area contributed by atoms with Crippen molar-refractivity contribution < 1.29 is 24.0 Å². The minimum Gasteiger partial charge on any atom is -0.460 e. The molecule has 2 N–H and O–H groups in total. The molecule has 0 saturated heterocycles. The first-order valence-corrected chi connectivity index (χ1v) is 7.69. The van der Waals surface area contributed by atoms with Crippen molar-refractivity contribution in [2.45, 2.75) is 45.8 Å². The van der Waals surface area contributed by atoms with Crippen molar-refractivity contribution in [3.63, 3.8) is 0 Å². The fourth-order valence-corrected chi connectivity index (χ4v) is 1.72. The molecule has 0 aromatic heterocycles. The molecule has 7 nitrogen and oxygen atoms in total. The third kappa shape index (κ3) is 9.58. The van der Waals surface area contributed by atoms with Crippen molar-refractivity contribution >= 4 is 17.8 Å². The molecular weight excluding hydrogens is 312 g/mol. The van der Waals surface area contributed by atoms with Crippen LogP contribution in [0.4, 0.5) is 0 Å². The van der Waals surface area contributed by atoms with Crippen molar-refractivity contribution in [1.29, 1.82) is 0 Å². The van der Waals surface area contributed by atoms with Crippen LogP contribution in [0, 0.1) is 0 Å². The Balaban J connectivity index is 2.13. The minimum absolute atomic E-state index is 0.0507. The summed E-state index contributed by atoms with van der Waals surface area (Å²) in [4.78, 5) is 39.6. The molecule has 0 aliphatic rings. The summed E-state index contributed by atoms with van der Waals surface area (Å²) < 4.78 is 5.11. The molecule has 0 heterocycles. The fourth-order valence-electron chi connectivity index (χ4n) is 1.72. The van der Waals surface area contributed by atoms with Crippen LogP contribution >= 0.6 is 0 Å². The van der Waals surface area contributed by atoms with Crippen molar-refractivity contribution in [2.24, 2.45) is 0 Å². The van der Waals surface area contributed by atoms with Gasteiger partial charge in [-0.3, -0.25) is 19.2 Å². The average molecular weight is 336 g/mol. The predicted octanol–water partition coefficient (Wildman–Crippen LogP) is 1.47. The first kappa shape index (κ1) is 19.6. The van der Waals surface area contributed by atoms with E-state index in [2.05, 4.69) is 10.8 Å². The van der Waals surface area contributed by atoms with Gasteiger partial charge in [0.25, 0.3) is 5.91 Å². The monoisotopic (exact) mass is 336 g/mol. The number of nitrogens with one attached hydrogen (secondary N) is 2. The first-order chi connectivity index (χ1) is 11.3. The summed E-state index contributed by atoms with van der Waals surface area (Å²) >= 11 is 0. The zero-order chi connectivity index (χ0) is 18.0. The maximum atomic E-state index is 11.6. The maximum absolute atomic E-state index is 11.6. The molecule has 0 aliphatic carbocycles. The molecule has 7 heteroatoms. The third-order valence-corrected chi connectivity index (χ3v) is 2.66. The number of ether oxygens (including phenoxy) is 1. The standard InChI is InChI=1S/C17H24N2O5/c1-17(2,3)24-16(22)9-10-18-14(20)11-15(21)19-23-12-13-7-5-4-6-8-13/h4-8H,9-12H2,1-3H3,(H,18,20)(H,19,21). The quantitative estimate of drug-likeness (QED) is 0.426. The lowest BCUT2D eigenvalue weighted by Gasteiger charge is -2.19. The highest BCUT2D eigenvalue weighted by Gasteiger charge is 2.16. The van der Waals surface area contributed by atoms with Crippen LogP contribution in [-0.2, 0) is 30.6 Å². The van der Waals surface area contributed by atoms with Gasteiger partial charge < -0.3 is 10.1 Å². The van der Waals surface area contributed by atoms with Crippen LogP contribution in [0.2, 0.25) is 0 Å². The van der Waals surface area contributed by atoms with Gasteiger partial charge in [0, 0.05) is 6.54 Å². The van der Waals surface area contributed by atoms with E-state index in [1.54, 1.807) is 20.8 Å². The van der Waals surface area contributed by atoms with Crippen molar-refractivity contribution in [3.8, 4) is 0 Å². The van der Waals surface area contributed by atoms with E-state index < -0.39 is 23.4 Å². The van der Waals surface area contributed by atoms with Crippen molar-refractivity contribution in [1.82, 2.24) is 10.8 Å². The Kier molecular flexibility index (Phi) is 7.91. The molecule has 0 spiro atoms. The lowest BCUT2D eigenvalue weighted by atomic mass is 10.2. The van der Waals surface area contributed by atoms with Gasteiger partial charge in [0.15, 0.2) is 0 Å². The lowest BCUT2D eigenvalue weighted by Crippen LogP contribution is -2.33. The van der Waals surface area contributed by atoms with Gasteiger partial charge in [-0.25, -0.2) is 5.48 Å². The number of benzene rings is 1. The molecule has 0 fully saturated rings. The summed E-state index contributed by atoms with van der Waals surface area (Å²) in [6.45, 7) is 5.63. The molecule has 24 heavy (non-hydrogen) atoms. The molecule has 0 atom stereocenters. The molecule has 0 unspecified atom stereocenters. The number of amides is 2. The zero-order valence-corrected chi connectivity index (χ0v) is 14.3. The number of carbonyl (C=O) groups is 3. The van der Waals surface area contributed by atoms with E-state index in [-0.39, 0.29) is 26.0 Å². The molecule has 0 aliphatic heterocycles. The third-order valence-electron chi connectivity index (χ3n) is 2.66. The van der Waals surface area contributed by atoms with Gasteiger partial charge >= 0.3 is 5.97 Å². The Morgan fingerprint density at radius 1 is 1.04 bits per heavy atom. The maximum Gasteiger partial charge on any atom is 0.308 e. The number of carbonyl (C=O) groups excluding carboxylic acids is 3. The summed E-state index contributed by atoms with van der Waals surface area (Å²) in [5.41, 5.74) is 2.54. The molecule has 2 amide bonds. The molecule has 0 bridgehead atoms. The normalized spacial score (nSPS) is 10.8. The highest BCUT2D eigenvalue weighted by atomic mass is 16.6. The summed E-state index contributed by atoms with van der Waals surface area (Å²) in [7, 11) is 0. The summed E-state index contributed by atoms with van der Waals surface area (Å²) in [5.74, 6) is -1.45. The number of esters is 1. The lowest BCUT2D eigenvalue weighted by molar-refractivity contribution is -0.154. The molecule has 0 saturated carbocycles. The van der Waals surface area contributed by atoms with Gasteiger partial charge in [0.2, 0.25) is 5.91 Å². The van der Waals surface area contributed by atoms with Gasteiger partial charge in [-0.1, -0.05) is 30.3 Å². The Hall–Kier alpha value is -2.41. The minimum atomic E-state index is -0.558. The van der Waals surface area contributed by atoms with Gasteiger partial charge in [-0.05, 0) is 26.3 Å². The first-order valence-electron chi connectivity index (χ1n) is 7.69. The van der Waals surface area contributed by atoms with Crippen LogP contribution in [0.5, 0.6) is 0 Å². The van der Waals surface area contributed by atoms with Crippen LogP contribution in [0.25, 0.3) is 0 Å². The Labute approximate surface area is 141 Å². The van der Waals surface area contributed by atoms with Gasteiger partial charge in [0.1, 0.15) is 12.0 Å².